The van der Waals surface area contributed by atoms with Gasteiger partial charge in [0, 0.05) is 30.3 Å². The molecule has 0 atom stereocenters. The molecule has 0 spiro atoms. The molecule has 2 aliphatic rings. The number of rotatable bonds is 4. The highest BCUT2D eigenvalue weighted by atomic mass is 32.1. The number of aryl methyl sites for hydroxylation is 3. The summed E-state index contributed by atoms with van der Waals surface area (Å²) in [6, 6.07) is 8.05. The van der Waals surface area contributed by atoms with E-state index in [1.807, 2.05) is 43.8 Å². The fraction of sp³-hybridized carbons (Fsp3) is 0.391. The number of anilines is 1. The van der Waals surface area contributed by atoms with Crippen LogP contribution in [0, 0.1) is 13.8 Å². The third-order valence-electron chi connectivity index (χ3n) is 5.98. The minimum atomic E-state index is -0.227. The molecule has 0 radical (unpaired) electrons. The Hall–Kier alpha value is -3.00. The van der Waals surface area contributed by atoms with E-state index in [1.54, 1.807) is 0 Å². The molecule has 2 fully saturated rings. The first-order valence-electron chi connectivity index (χ1n) is 10.7. The molecule has 5 rings (SSSR count). The van der Waals surface area contributed by atoms with E-state index in [-0.39, 0.29) is 5.91 Å². The lowest BCUT2D eigenvalue weighted by Gasteiger charge is -2.14. The van der Waals surface area contributed by atoms with Crippen LogP contribution in [0.1, 0.15) is 70.4 Å². The summed E-state index contributed by atoms with van der Waals surface area (Å²) in [4.78, 5) is 18.1. The van der Waals surface area contributed by atoms with Crippen molar-refractivity contribution in [1.29, 1.82) is 0 Å². The van der Waals surface area contributed by atoms with Gasteiger partial charge in [0.05, 0.1) is 16.6 Å². The fourth-order valence-electron chi connectivity index (χ4n) is 3.91. The first-order valence-corrected chi connectivity index (χ1v) is 11.1. The first-order chi connectivity index (χ1) is 14.9. The van der Waals surface area contributed by atoms with Crippen LogP contribution in [-0.2, 0) is 7.05 Å². The van der Waals surface area contributed by atoms with Gasteiger partial charge in [-0.2, -0.15) is 5.10 Å². The number of nitrogens with zero attached hydrogens (tertiary/aromatic N) is 3. The largest absolute Gasteiger partial charge is 0.331 e. The van der Waals surface area contributed by atoms with E-state index >= 15 is 0 Å². The molecule has 8 heteroatoms. The summed E-state index contributed by atoms with van der Waals surface area (Å²) >= 11 is 5.40. The molecular weight excluding hydrogens is 408 g/mol. The lowest BCUT2D eigenvalue weighted by Crippen LogP contribution is -2.44. The Morgan fingerprint density at radius 1 is 1.10 bits per heavy atom. The van der Waals surface area contributed by atoms with Crippen molar-refractivity contribution in [3.8, 4) is 0 Å². The average Bonchev–Trinajstić information content (AvgIpc) is 3.66. The highest BCUT2D eigenvalue weighted by Gasteiger charge is 2.33. The molecular formula is C23H26N6OS. The molecule has 0 aliphatic heterocycles. The Balaban J connectivity index is 1.39. The van der Waals surface area contributed by atoms with Crippen molar-refractivity contribution < 1.29 is 4.79 Å². The minimum Gasteiger partial charge on any atom is -0.331 e. The van der Waals surface area contributed by atoms with Crippen LogP contribution < -0.4 is 16.2 Å². The van der Waals surface area contributed by atoms with Gasteiger partial charge in [-0.25, -0.2) is 4.98 Å². The molecule has 7 nitrogen and oxygen atoms in total. The Morgan fingerprint density at radius 3 is 2.55 bits per heavy atom. The van der Waals surface area contributed by atoms with Gasteiger partial charge in [0.25, 0.3) is 5.91 Å². The molecule has 0 bridgehead atoms. The third-order valence-corrected chi connectivity index (χ3v) is 6.18. The molecule has 2 saturated carbocycles. The highest BCUT2D eigenvalue weighted by molar-refractivity contribution is 7.80. The highest BCUT2D eigenvalue weighted by Crippen LogP contribution is 2.45. The van der Waals surface area contributed by atoms with Gasteiger partial charge in [0.2, 0.25) is 0 Å². The predicted octanol–water partition coefficient (Wildman–Crippen LogP) is 3.97. The van der Waals surface area contributed by atoms with Crippen molar-refractivity contribution in [3.05, 3.63) is 52.3 Å². The number of hydrazine groups is 1. The van der Waals surface area contributed by atoms with E-state index in [0.29, 0.717) is 22.5 Å². The summed E-state index contributed by atoms with van der Waals surface area (Å²) < 4.78 is 1.81. The number of hydrogen-bond donors (Lipinski definition) is 3. The molecule has 2 aliphatic carbocycles. The number of amides is 1. The van der Waals surface area contributed by atoms with Gasteiger partial charge in [-0.05, 0) is 75.0 Å². The van der Waals surface area contributed by atoms with Crippen LogP contribution in [0.4, 0.5) is 5.69 Å². The summed E-state index contributed by atoms with van der Waals surface area (Å²) in [5.41, 5.74) is 12.1. The quantitative estimate of drug-likeness (QED) is 0.426. The van der Waals surface area contributed by atoms with Gasteiger partial charge in [-0.1, -0.05) is 12.1 Å². The number of thiocarbonyl (C=S) groups is 1. The van der Waals surface area contributed by atoms with Crippen LogP contribution in [-0.4, -0.2) is 25.8 Å². The summed E-state index contributed by atoms with van der Waals surface area (Å²) in [5.74, 6) is 0.633. The Labute approximate surface area is 186 Å². The Morgan fingerprint density at radius 2 is 1.84 bits per heavy atom. The van der Waals surface area contributed by atoms with Crippen LogP contribution >= 0.6 is 12.2 Å². The summed E-state index contributed by atoms with van der Waals surface area (Å²) in [6.45, 7) is 4.04. The number of carbonyl (C=O) groups is 1. The first kappa shape index (κ1) is 19.9. The SMILES string of the molecule is Cc1ccc(C)c(NC(=S)NNC(=O)c2cc(C3CC3)nc3c2c(C2CC2)nn3C)c1. The molecule has 2 aromatic heterocycles. The van der Waals surface area contributed by atoms with Crippen molar-refractivity contribution in [1.82, 2.24) is 25.6 Å². The summed E-state index contributed by atoms with van der Waals surface area (Å²) in [7, 11) is 1.90. The van der Waals surface area contributed by atoms with Crippen molar-refractivity contribution >= 4 is 40.0 Å². The molecule has 160 valence electrons. The van der Waals surface area contributed by atoms with Crippen LogP contribution in [0.15, 0.2) is 24.3 Å². The van der Waals surface area contributed by atoms with Crippen molar-refractivity contribution in [2.75, 3.05) is 5.32 Å². The zero-order valence-corrected chi connectivity index (χ0v) is 18.8. The van der Waals surface area contributed by atoms with Crippen LogP contribution in [0.3, 0.4) is 0 Å². The average molecular weight is 435 g/mol. The van der Waals surface area contributed by atoms with E-state index in [9.17, 15) is 4.79 Å². The fourth-order valence-corrected chi connectivity index (χ4v) is 4.07. The van der Waals surface area contributed by atoms with Crippen LogP contribution in [0.2, 0.25) is 0 Å². The number of fused-ring (bicyclic) bond motifs is 1. The van der Waals surface area contributed by atoms with Crippen LogP contribution in [0.5, 0.6) is 0 Å². The molecule has 31 heavy (non-hydrogen) atoms. The van der Waals surface area contributed by atoms with Gasteiger partial charge in [-0.3, -0.25) is 20.3 Å². The number of benzene rings is 1. The molecule has 0 unspecified atom stereocenters. The van der Waals surface area contributed by atoms with Gasteiger partial charge in [0.1, 0.15) is 0 Å². The van der Waals surface area contributed by atoms with Gasteiger partial charge in [-0.15, -0.1) is 0 Å². The standard InChI is InChI=1S/C23H26N6OS/c1-12-4-5-13(2)17(10-12)25-23(31)27-26-22(30)16-11-18(14-6-7-14)24-21-19(16)20(15-8-9-15)28-29(21)3/h4-5,10-11,14-15H,6-9H2,1-3H3,(H,26,30)(H2,25,27,31). The maximum Gasteiger partial charge on any atom is 0.270 e. The second kappa shape index (κ2) is 7.60. The van der Waals surface area contributed by atoms with Gasteiger partial charge in [0.15, 0.2) is 10.8 Å². The lowest BCUT2D eigenvalue weighted by atomic mass is 10.1. The number of carbonyl (C=O) groups excluding carboxylic acids is 1. The third kappa shape index (κ3) is 3.99. The second-order valence-electron chi connectivity index (χ2n) is 8.70. The lowest BCUT2D eigenvalue weighted by molar-refractivity contribution is 0.0945. The number of hydrogen-bond acceptors (Lipinski definition) is 4. The van der Waals surface area contributed by atoms with Crippen molar-refractivity contribution in [2.24, 2.45) is 7.05 Å². The second-order valence-corrected chi connectivity index (χ2v) is 9.11. The number of pyridine rings is 1. The monoisotopic (exact) mass is 434 g/mol. The normalized spacial score (nSPS) is 15.7. The van der Waals surface area contributed by atoms with Crippen molar-refractivity contribution in [2.45, 2.75) is 51.4 Å². The molecule has 1 amide bonds. The summed E-state index contributed by atoms with van der Waals surface area (Å²) in [6.07, 6.45) is 4.46. The van der Waals surface area contributed by atoms with Crippen LogP contribution in [0.25, 0.3) is 11.0 Å². The zero-order valence-electron chi connectivity index (χ0n) is 18.0. The number of aromatic nitrogens is 3. The number of nitrogens with one attached hydrogen (secondary N) is 3. The van der Waals surface area contributed by atoms with Crippen molar-refractivity contribution in [3.63, 3.8) is 0 Å². The van der Waals surface area contributed by atoms with E-state index in [2.05, 4.69) is 22.2 Å². The Kier molecular flexibility index (Phi) is 4.89. The minimum absolute atomic E-state index is 0.227. The maximum absolute atomic E-state index is 13.2. The van der Waals surface area contributed by atoms with E-state index in [0.717, 1.165) is 64.9 Å². The van der Waals surface area contributed by atoms with E-state index < -0.39 is 0 Å². The molecule has 1 aromatic carbocycles. The van der Waals surface area contributed by atoms with Gasteiger partial charge < -0.3 is 5.32 Å². The predicted molar refractivity (Wildman–Crippen MR) is 125 cm³/mol. The molecule has 2 heterocycles. The van der Waals surface area contributed by atoms with E-state index in [1.165, 1.54) is 0 Å². The van der Waals surface area contributed by atoms with E-state index in [4.69, 9.17) is 22.3 Å². The summed E-state index contributed by atoms with van der Waals surface area (Å²) in [5, 5.41) is 9.05. The van der Waals surface area contributed by atoms with Gasteiger partial charge >= 0.3 is 0 Å². The topological polar surface area (TPSA) is 83.9 Å². The zero-order chi connectivity index (χ0) is 21.7. The molecule has 3 aromatic rings. The Bertz CT molecular complexity index is 1210. The molecule has 3 N–H and O–H groups in total. The maximum atomic E-state index is 13.2. The molecule has 0 saturated heterocycles. The smallest absolute Gasteiger partial charge is 0.270 e.